The summed E-state index contributed by atoms with van der Waals surface area (Å²) in [5, 5.41) is 8.88. The second-order valence-electron chi connectivity index (χ2n) is 7.46. The molecule has 2 aromatic rings. The normalized spacial score (nSPS) is 16.1. The summed E-state index contributed by atoms with van der Waals surface area (Å²) in [5.74, 6) is -0.0634. The van der Waals surface area contributed by atoms with Crippen molar-refractivity contribution < 1.29 is 4.79 Å². The second-order valence-corrected chi connectivity index (χ2v) is 8.25. The van der Waals surface area contributed by atoms with Gasteiger partial charge in [0.05, 0.1) is 12.2 Å². The minimum absolute atomic E-state index is 0.0634. The highest BCUT2D eigenvalue weighted by Crippen LogP contribution is 2.23. The van der Waals surface area contributed by atoms with Crippen LogP contribution in [0.5, 0.6) is 0 Å². The molecule has 3 rings (SSSR count). The van der Waals surface area contributed by atoms with Crippen LogP contribution >= 0.6 is 23.2 Å². The molecule has 1 aliphatic rings. The maximum Gasteiger partial charge on any atom is 0.244 e. The van der Waals surface area contributed by atoms with Crippen LogP contribution in [0.25, 0.3) is 6.08 Å². The number of nitrogens with one attached hydrogen (secondary N) is 1. The summed E-state index contributed by atoms with van der Waals surface area (Å²) in [6, 6.07) is 7.88. The van der Waals surface area contributed by atoms with Gasteiger partial charge in [0.1, 0.15) is 5.15 Å². The fourth-order valence-electron chi connectivity index (χ4n) is 3.63. The third-order valence-electron chi connectivity index (χ3n) is 5.21. The molecule has 1 aromatic carbocycles. The van der Waals surface area contributed by atoms with Crippen LogP contribution < -0.4 is 5.32 Å². The summed E-state index contributed by atoms with van der Waals surface area (Å²) in [5.41, 5.74) is 2.64. The molecule has 0 aliphatic heterocycles. The minimum Gasteiger partial charge on any atom is -0.350 e. The highest BCUT2D eigenvalue weighted by molar-refractivity contribution is 6.31. The van der Waals surface area contributed by atoms with E-state index in [0.717, 1.165) is 29.7 Å². The third-order valence-corrected chi connectivity index (χ3v) is 5.86. The molecule has 28 heavy (non-hydrogen) atoms. The van der Waals surface area contributed by atoms with Gasteiger partial charge in [-0.1, -0.05) is 67.4 Å². The lowest BCUT2D eigenvalue weighted by Crippen LogP contribution is -2.34. The van der Waals surface area contributed by atoms with Crippen LogP contribution in [-0.2, 0) is 11.3 Å². The fourth-order valence-corrected chi connectivity index (χ4v) is 4.06. The topological polar surface area (TPSA) is 46.9 Å². The van der Waals surface area contributed by atoms with Crippen molar-refractivity contribution in [3.8, 4) is 0 Å². The Morgan fingerprint density at radius 3 is 2.46 bits per heavy atom. The number of hydrogen-bond donors (Lipinski definition) is 1. The van der Waals surface area contributed by atoms with Gasteiger partial charge in [0, 0.05) is 22.7 Å². The van der Waals surface area contributed by atoms with Gasteiger partial charge in [0.25, 0.3) is 0 Å². The smallest absolute Gasteiger partial charge is 0.244 e. The number of aromatic nitrogens is 2. The van der Waals surface area contributed by atoms with Crippen molar-refractivity contribution in [3.63, 3.8) is 0 Å². The summed E-state index contributed by atoms with van der Waals surface area (Å²) >= 11 is 12.5. The van der Waals surface area contributed by atoms with Crippen LogP contribution in [0.4, 0.5) is 0 Å². The number of carbonyl (C=O) groups is 1. The lowest BCUT2D eigenvalue weighted by molar-refractivity contribution is -0.117. The van der Waals surface area contributed by atoms with Gasteiger partial charge >= 0.3 is 0 Å². The Morgan fingerprint density at radius 1 is 1.14 bits per heavy atom. The maximum atomic E-state index is 12.4. The van der Waals surface area contributed by atoms with E-state index in [9.17, 15) is 4.79 Å². The molecule has 1 aliphatic carbocycles. The van der Waals surface area contributed by atoms with E-state index in [1.165, 1.54) is 32.1 Å². The maximum absolute atomic E-state index is 12.4. The van der Waals surface area contributed by atoms with Gasteiger partial charge in [0.2, 0.25) is 5.91 Å². The number of amides is 1. The van der Waals surface area contributed by atoms with Crippen LogP contribution in [0.15, 0.2) is 30.3 Å². The molecule has 1 fully saturated rings. The van der Waals surface area contributed by atoms with Gasteiger partial charge in [-0.3, -0.25) is 4.79 Å². The Kier molecular flexibility index (Phi) is 7.57. The van der Waals surface area contributed by atoms with Crippen molar-refractivity contribution in [2.75, 3.05) is 0 Å². The highest BCUT2D eigenvalue weighted by Gasteiger charge is 2.14. The van der Waals surface area contributed by atoms with Crippen molar-refractivity contribution in [1.29, 1.82) is 0 Å². The standard InChI is InChI=1S/C22H27Cl2N3O/c1-16-20(13-14-21(28)25-19-7-5-3-2-4-6-8-19)22(24)27(26-16)15-17-9-11-18(23)12-10-17/h9-14,19H,2-8,15H2,1H3,(H,25,28). The van der Waals surface area contributed by atoms with Gasteiger partial charge in [-0.15, -0.1) is 0 Å². The van der Waals surface area contributed by atoms with Crippen LogP contribution in [-0.4, -0.2) is 21.7 Å². The van der Waals surface area contributed by atoms with Crippen molar-refractivity contribution in [1.82, 2.24) is 15.1 Å². The molecule has 0 saturated heterocycles. The molecule has 4 nitrogen and oxygen atoms in total. The first-order valence-electron chi connectivity index (χ1n) is 9.99. The van der Waals surface area contributed by atoms with E-state index in [1.807, 2.05) is 31.2 Å². The molecule has 0 unspecified atom stereocenters. The van der Waals surface area contributed by atoms with E-state index in [-0.39, 0.29) is 11.9 Å². The van der Waals surface area contributed by atoms with Gasteiger partial charge in [-0.2, -0.15) is 5.10 Å². The number of rotatable bonds is 5. The highest BCUT2D eigenvalue weighted by atomic mass is 35.5. The molecular weight excluding hydrogens is 393 g/mol. The number of benzene rings is 1. The number of nitrogens with zero attached hydrogens (tertiary/aromatic N) is 2. The van der Waals surface area contributed by atoms with E-state index in [2.05, 4.69) is 10.4 Å². The molecule has 1 heterocycles. The zero-order valence-corrected chi connectivity index (χ0v) is 17.8. The van der Waals surface area contributed by atoms with E-state index in [1.54, 1.807) is 16.8 Å². The summed E-state index contributed by atoms with van der Waals surface area (Å²) in [6.07, 6.45) is 11.7. The van der Waals surface area contributed by atoms with Gasteiger partial charge in [-0.25, -0.2) is 4.68 Å². The van der Waals surface area contributed by atoms with E-state index in [0.29, 0.717) is 16.7 Å². The fraction of sp³-hybridized carbons (Fsp3) is 0.455. The first-order valence-corrected chi connectivity index (χ1v) is 10.7. The average molecular weight is 420 g/mol. The minimum atomic E-state index is -0.0634. The largest absolute Gasteiger partial charge is 0.350 e. The number of hydrogen-bond acceptors (Lipinski definition) is 2. The molecule has 0 spiro atoms. The molecule has 1 N–H and O–H groups in total. The number of halogens is 2. The predicted octanol–water partition coefficient (Wildman–Crippen LogP) is 5.79. The van der Waals surface area contributed by atoms with Gasteiger partial charge < -0.3 is 5.32 Å². The zero-order valence-electron chi connectivity index (χ0n) is 16.3. The van der Waals surface area contributed by atoms with Gasteiger partial charge in [-0.05, 0) is 43.5 Å². The predicted molar refractivity (Wildman–Crippen MR) is 116 cm³/mol. The second kappa shape index (κ2) is 10.1. The van der Waals surface area contributed by atoms with Crippen molar-refractivity contribution >= 4 is 35.2 Å². The average Bonchev–Trinajstić information content (AvgIpc) is 2.90. The monoisotopic (exact) mass is 419 g/mol. The third kappa shape index (κ3) is 5.86. The SMILES string of the molecule is Cc1nn(Cc2ccc(Cl)cc2)c(Cl)c1C=CC(=O)NC1CCCCCCC1. The lowest BCUT2D eigenvalue weighted by atomic mass is 9.97. The Balaban J connectivity index is 1.63. The Labute approximate surface area is 176 Å². The van der Waals surface area contributed by atoms with Crippen molar-refractivity contribution in [2.45, 2.75) is 64.5 Å². The molecule has 150 valence electrons. The first kappa shape index (κ1) is 20.9. The van der Waals surface area contributed by atoms with E-state index in [4.69, 9.17) is 23.2 Å². The molecule has 1 saturated carbocycles. The van der Waals surface area contributed by atoms with E-state index >= 15 is 0 Å². The molecule has 0 radical (unpaired) electrons. The molecule has 1 amide bonds. The zero-order chi connectivity index (χ0) is 19.9. The number of carbonyl (C=O) groups excluding carboxylic acids is 1. The Hall–Kier alpha value is -1.78. The Bertz CT molecular complexity index is 819. The van der Waals surface area contributed by atoms with Crippen molar-refractivity contribution in [2.24, 2.45) is 0 Å². The number of aryl methyl sites for hydroxylation is 1. The summed E-state index contributed by atoms with van der Waals surface area (Å²) in [4.78, 5) is 12.4. The quantitative estimate of drug-likeness (QED) is 0.623. The van der Waals surface area contributed by atoms with Crippen LogP contribution in [0.2, 0.25) is 10.2 Å². The summed E-state index contributed by atoms with van der Waals surface area (Å²) in [7, 11) is 0. The summed E-state index contributed by atoms with van der Waals surface area (Å²) in [6.45, 7) is 2.45. The van der Waals surface area contributed by atoms with Crippen LogP contribution in [0.1, 0.15) is 61.8 Å². The molecule has 1 aromatic heterocycles. The van der Waals surface area contributed by atoms with Crippen LogP contribution in [0.3, 0.4) is 0 Å². The van der Waals surface area contributed by atoms with Crippen molar-refractivity contribution in [3.05, 3.63) is 57.3 Å². The summed E-state index contributed by atoms with van der Waals surface area (Å²) < 4.78 is 1.74. The van der Waals surface area contributed by atoms with E-state index < -0.39 is 0 Å². The molecule has 6 heteroatoms. The molecule has 0 atom stereocenters. The Morgan fingerprint density at radius 2 is 1.79 bits per heavy atom. The first-order chi connectivity index (χ1) is 13.5. The lowest BCUT2D eigenvalue weighted by Gasteiger charge is -2.20. The molecular formula is C22H27Cl2N3O. The molecule has 0 bridgehead atoms. The van der Waals surface area contributed by atoms with Crippen LogP contribution in [0, 0.1) is 6.92 Å². The van der Waals surface area contributed by atoms with Gasteiger partial charge in [0.15, 0.2) is 0 Å².